The van der Waals surface area contributed by atoms with E-state index in [2.05, 4.69) is 64.0 Å². The van der Waals surface area contributed by atoms with Gasteiger partial charge in [0.05, 0.1) is 19.1 Å². The highest BCUT2D eigenvalue weighted by molar-refractivity contribution is 5.90. The number of pyridine rings is 1. The topological polar surface area (TPSA) is 95.0 Å². The van der Waals surface area contributed by atoms with Crippen LogP contribution in [-0.4, -0.2) is 60.2 Å². The van der Waals surface area contributed by atoms with Crippen molar-refractivity contribution in [3.8, 4) is 5.75 Å². The molecule has 1 saturated heterocycles. The Morgan fingerprint density at radius 1 is 1.02 bits per heavy atom. The van der Waals surface area contributed by atoms with Crippen LogP contribution in [0.15, 0.2) is 66.9 Å². The lowest BCUT2D eigenvalue weighted by Gasteiger charge is -2.35. The van der Waals surface area contributed by atoms with Gasteiger partial charge in [-0.3, -0.25) is 4.79 Å². The Balaban J connectivity index is 1.92. The molecule has 2 heterocycles. The van der Waals surface area contributed by atoms with Crippen LogP contribution in [0.2, 0.25) is 0 Å². The Morgan fingerprint density at radius 3 is 2.24 bits per heavy atom. The monoisotopic (exact) mass is 614 g/mol. The van der Waals surface area contributed by atoms with Gasteiger partial charge < -0.3 is 25.0 Å². The van der Waals surface area contributed by atoms with Crippen molar-refractivity contribution >= 4 is 17.7 Å². The molecule has 0 spiro atoms. The maximum atomic E-state index is 14.7. The smallest absolute Gasteiger partial charge is 0.326 e. The van der Waals surface area contributed by atoms with Gasteiger partial charge in [0.15, 0.2) is 0 Å². The van der Waals surface area contributed by atoms with E-state index in [4.69, 9.17) is 4.74 Å². The third-order valence-corrected chi connectivity index (χ3v) is 9.08. The van der Waals surface area contributed by atoms with Gasteiger partial charge in [-0.25, -0.2) is 9.78 Å². The Bertz CT molecular complexity index is 1490. The van der Waals surface area contributed by atoms with Crippen LogP contribution in [0.25, 0.3) is 0 Å². The maximum absolute atomic E-state index is 14.7. The quantitative estimate of drug-likeness (QED) is 0.287. The fraction of sp³-hybridized carbons (Fsp3) is 0.486. The molecule has 1 fully saturated rings. The van der Waals surface area contributed by atoms with Gasteiger partial charge in [0, 0.05) is 49.9 Å². The minimum atomic E-state index is -1.07. The number of likely N-dealkylation sites (tertiary alicyclic amines) is 1. The first-order valence-corrected chi connectivity index (χ1v) is 15.7. The second-order valence-corrected chi connectivity index (χ2v) is 14.5. The summed E-state index contributed by atoms with van der Waals surface area (Å²) in [4.78, 5) is 36.2. The first-order valence-electron chi connectivity index (χ1n) is 15.7. The number of benzene rings is 2. The number of carbonyl (C=O) groups is 2. The van der Waals surface area contributed by atoms with E-state index in [1.54, 1.807) is 18.2 Å². The molecule has 0 radical (unpaired) electrons. The average molecular weight is 615 g/mol. The highest BCUT2D eigenvalue weighted by Crippen LogP contribution is 2.50. The third-order valence-electron chi connectivity index (χ3n) is 9.08. The van der Waals surface area contributed by atoms with Crippen LogP contribution < -0.4 is 15.0 Å². The van der Waals surface area contributed by atoms with E-state index < -0.39 is 41.3 Å². The number of nitrogens with one attached hydrogen (secondary N) is 1. The Kier molecular flexibility index (Phi) is 9.98. The van der Waals surface area contributed by atoms with Gasteiger partial charge in [0.25, 0.3) is 0 Å². The van der Waals surface area contributed by atoms with Crippen LogP contribution in [0.5, 0.6) is 5.75 Å². The number of rotatable bonds is 9. The molecular weight excluding hydrogens is 564 g/mol. The molecule has 1 aromatic heterocycles. The van der Waals surface area contributed by atoms with E-state index in [-0.39, 0.29) is 11.3 Å². The van der Waals surface area contributed by atoms with Crippen molar-refractivity contribution in [2.45, 2.75) is 84.5 Å². The standard InChI is InChI=1S/C37H50N4O4/c1-23(24-15-12-11-13-16-24)34(42)41-31(27-17-14-20-38-33(27)40(8)9)30(29(37(5,6)7)32(41)35(43)44)39-22-25-21-26(36(2,3)4)18-19-28(25)45-10/h11-21,23,29-32,39H,22H2,1-10H3,(H,43,44)/t23-,29+,30+,31+,32+/m1/s1. The molecule has 8 nitrogen and oxygen atoms in total. The highest BCUT2D eigenvalue weighted by atomic mass is 16.5. The first-order chi connectivity index (χ1) is 21.1. The number of aromatic nitrogens is 1. The number of hydrogen-bond acceptors (Lipinski definition) is 6. The third kappa shape index (κ3) is 7.01. The molecule has 1 aliphatic rings. The van der Waals surface area contributed by atoms with Crippen molar-refractivity contribution in [1.29, 1.82) is 0 Å². The van der Waals surface area contributed by atoms with Crippen LogP contribution >= 0.6 is 0 Å². The van der Waals surface area contributed by atoms with Gasteiger partial charge >= 0.3 is 5.97 Å². The van der Waals surface area contributed by atoms with E-state index in [0.717, 1.165) is 22.4 Å². The largest absolute Gasteiger partial charge is 0.496 e. The summed E-state index contributed by atoms with van der Waals surface area (Å²) in [7, 11) is 5.50. The molecule has 8 heteroatoms. The van der Waals surface area contributed by atoms with Crippen LogP contribution in [0, 0.1) is 11.3 Å². The first kappa shape index (κ1) is 34.0. The fourth-order valence-corrected chi connectivity index (χ4v) is 6.79. The number of anilines is 1. The second kappa shape index (κ2) is 13.2. The number of amides is 1. The van der Waals surface area contributed by atoms with E-state index >= 15 is 0 Å². The molecule has 2 N–H and O–H groups in total. The minimum absolute atomic E-state index is 0.0631. The molecule has 3 aromatic rings. The molecule has 0 aliphatic carbocycles. The molecular formula is C37H50N4O4. The average Bonchev–Trinajstić information content (AvgIpc) is 3.35. The molecule has 242 valence electrons. The lowest BCUT2D eigenvalue weighted by Crippen LogP contribution is -2.48. The number of methoxy groups -OCH3 is 1. The zero-order chi connectivity index (χ0) is 33.3. The van der Waals surface area contributed by atoms with Crippen LogP contribution in [0.4, 0.5) is 5.82 Å². The second-order valence-electron chi connectivity index (χ2n) is 14.5. The molecule has 1 amide bonds. The van der Waals surface area contributed by atoms with E-state index in [0.29, 0.717) is 12.4 Å². The van der Waals surface area contributed by atoms with E-state index in [1.165, 1.54) is 5.56 Å². The Labute approximate surface area is 268 Å². The highest BCUT2D eigenvalue weighted by Gasteiger charge is 2.58. The van der Waals surface area contributed by atoms with Gasteiger partial charge in [0.2, 0.25) is 5.91 Å². The minimum Gasteiger partial charge on any atom is -0.496 e. The van der Waals surface area contributed by atoms with Crippen molar-refractivity contribution < 1.29 is 19.4 Å². The molecule has 45 heavy (non-hydrogen) atoms. The van der Waals surface area contributed by atoms with Gasteiger partial charge in [-0.15, -0.1) is 0 Å². The number of nitrogens with zero attached hydrogens (tertiary/aromatic N) is 3. The van der Waals surface area contributed by atoms with Crippen molar-refractivity contribution in [1.82, 2.24) is 15.2 Å². The van der Waals surface area contributed by atoms with Gasteiger partial charge in [-0.2, -0.15) is 0 Å². The number of carboxylic acids is 1. The van der Waals surface area contributed by atoms with Crippen molar-refractivity contribution in [2.24, 2.45) is 11.3 Å². The Hall–Kier alpha value is -3.91. The predicted molar refractivity (Wildman–Crippen MR) is 180 cm³/mol. The summed E-state index contributed by atoms with van der Waals surface area (Å²) >= 11 is 0. The number of hydrogen-bond donors (Lipinski definition) is 2. The van der Waals surface area contributed by atoms with Crippen LogP contribution in [0.3, 0.4) is 0 Å². The van der Waals surface area contributed by atoms with Crippen molar-refractivity contribution in [2.75, 3.05) is 26.1 Å². The zero-order valence-corrected chi connectivity index (χ0v) is 28.5. The van der Waals surface area contributed by atoms with E-state index in [1.807, 2.05) is 74.4 Å². The number of ether oxygens (including phenoxy) is 1. The number of carboxylic acid groups (broad SMARTS) is 1. The number of aliphatic carboxylic acids is 1. The van der Waals surface area contributed by atoms with Gasteiger partial charge in [-0.05, 0) is 41.0 Å². The molecule has 0 saturated carbocycles. The van der Waals surface area contributed by atoms with Gasteiger partial charge in [-0.1, -0.05) is 90.1 Å². The van der Waals surface area contributed by atoms with Crippen molar-refractivity contribution in [3.05, 3.63) is 89.1 Å². The summed E-state index contributed by atoms with van der Waals surface area (Å²) in [5.74, 6) is -0.756. The fourth-order valence-electron chi connectivity index (χ4n) is 6.79. The SMILES string of the molecule is COc1ccc(C(C)(C)C)cc1CN[C@H]1[C@H](C(C)(C)C)[C@@H](C(=O)O)N(C(=O)[C@H](C)c2ccccc2)[C@H]1c1cccnc1N(C)C. The molecule has 5 atom stereocenters. The summed E-state index contributed by atoms with van der Waals surface area (Å²) in [5.41, 5.74) is 3.27. The molecule has 1 aliphatic heterocycles. The summed E-state index contributed by atoms with van der Waals surface area (Å²) in [6.45, 7) is 15.0. The Morgan fingerprint density at radius 2 is 1.69 bits per heavy atom. The van der Waals surface area contributed by atoms with Crippen LogP contribution in [-0.2, 0) is 21.5 Å². The number of carbonyl (C=O) groups excluding carboxylic acids is 1. The molecule has 4 rings (SSSR count). The lowest BCUT2D eigenvalue weighted by atomic mass is 9.72. The normalized spacial score (nSPS) is 21.0. The summed E-state index contributed by atoms with van der Waals surface area (Å²) in [6.07, 6.45) is 1.73. The van der Waals surface area contributed by atoms with Gasteiger partial charge in [0.1, 0.15) is 17.6 Å². The van der Waals surface area contributed by atoms with Crippen molar-refractivity contribution in [3.63, 3.8) is 0 Å². The molecule has 0 bridgehead atoms. The van der Waals surface area contributed by atoms with Crippen LogP contribution in [0.1, 0.15) is 82.7 Å². The van der Waals surface area contributed by atoms with E-state index in [9.17, 15) is 14.7 Å². The zero-order valence-electron chi connectivity index (χ0n) is 28.5. The summed E-state index contributed by atoms with van der Waals surface area (Å²) in [5, 5.41) is 14.7. The summed E-state index contributed by atoms with van der Waals surface area (Å²) in [6, 6.07) is 17.6. The maximum Gasteiger partial charge on any atom is 0.326 e. The molecule has 0 unspecified atom stereocenters. The molecule has 2 aromatic carbocycles. The lowest BCUT2D eigenvalue weighted by molar-refractivity contribution is -0.152. The predicted octanol–water partition coefficient (Wildman–Crippen LogP) is 6.41. The summed E-state index contributed by atoms with van der Waals surface area (Å²) < 4.78 is 5.77.